The van der Waals surface area contributed by atoms with Crippen molar-refractivity contribution in [3.05, 3.63) is 21.9 Å². The Morgan fingerprint density at radius 1 is 1.36 bits per heavy atom. The van der Waals surface area contributed by atoms with Crippen molar-refractivity contribution in [1.82, 2.24) is 4.57 Å². The highest BCUT2D eigenvalue weighted by molar-refractivity contribution is 6.41. The van der Waals surface area contributed by atoms with Gasteiger partial charge in [-0.2, -0.15) is 0 Å². The van der Waals surface area contributed by atoms with E-state index in [1.807, 2.05) is 17.7 Å². The number of nitrogens with zero attached hydrogens (tertiary/aromatic N) is 1. The molecule has 0 N–H and O–H groups in total. The van der Waals surface area contributed by atoms with Crippen molar-refractivity contribution in [3.8, 4) is 0 Å². The van der Waals surface area contributed by atoms with Gasteiger partial charge in [0.2, 0.25) is 0 Å². The zero-order valence-corrected chi connectivity index (χ0v) is 8.37. The van der Waals surface area contributed by atoms with Crippen LogP contribution in [-0.2, 0) is 7.05 Å². The highest BCUT2D eigenvalue weighted by Gasteiger charge is 2.10. The topological polar surface area (TPSA) is 4.93 Å². The van der Waals surface area contributed by atoms with Crippen LogP contribution in [0.1, 0.15) is 25.5 Å². The van der Waals surface area contributed by atoms with Crippen LogP contribution < -0.4 is 0 Å². The third kappa shape index (κ3) is 1.54. The second-order valence-corrected chi connectivity index (χ2v) is 3.69. The Hall–Kier alpha value is -0.140. The zero-order valence-electron chi connectivity index (χ0n) is 6.86. The van der Waals surface area contributed by atoms with Gasteiger partial charge in [-0.25, -0.2) is 0 Å². The maximum Gasteiger partial charge on any atom is 0.127 e. The molecule has 1 aromatic heterocycles. The first-order chi connectivity index (χ1) is 5.04. The van der Waals surface area contributed by atoms with Gasteiger partial charge in [-0.05, 0) is 12.0 Å². The number of halogens is 2. The Balaban J connectivity index is 3.19. The highest BCUT2D eigenvalue weighted by atomic mass is 35.5. The molecule has 1 aromatic rings. The van der Waals surface area contributed by atoms with Crippen LogP contribution in [0.25, 0.3) is 0 Å². The van der Waals surface area contributed by atoms with E-state index in [2.05, 4.69) is 13.8 Å². The predicted octanol–water partition coefficient (Wildman–Crippen LogP) is 3.46. The summed E-state index contributed by atoms with van der Waals surface area (Å²) in [6.45, 7) is 4.23. The Morgan fingerprint density at radius 2 is 1.91 bits per heavy atom. The monoisotopic (exact) mass is 191 g/mol. The van der Waals surface area contributed by atoms with Crippen molar-refractivity contribution >= 4 is 23.2 Å². The number of hydrogen-bond acceptors (Lipinski definition) is 0. The number of rotatable bonds is 1. The van der Waals surface area contributed by atoms with Gasteiger partial charge < -0.3 is 4.57 Å². The molecule has 0 aliphatic rings. The molecule has 0 atom stereocenters. The summed E-state index contributed by atoms with van der Waals surface area (Å²) in [5, 5.41) is 1.26. The molecule has 0 spiro atoms. The molecule has 1 heterocycles. The minimum atomic E-state index is 0.463. The highest BCUT2D eigenvalue weighted by Crippen LogP contribution is 2.28. The van der Waals surface area contributed by atoms with Gasteiger partial charge in [-0.3, -0.25) is 0 Å². The molecule has 0 radical (unpaired) electrons. The quantitative estimate of drug-likeness (QED) is 0.642. The lowest BCUT2D eigenvalue weighted by Gasteiger charge is -2.06. The van der Waals surface area contributed by atoms with Crippen molar-refractivity contribution in [2.45, 2.75) is 19.8 Å². The molecule has 0 fully saturated rings. The van der Waals surface area contributed by atoms with Crippen molar-refractivity contribution in [2.24, 2.45) is 7.05 Å². The van der Waals surface area contributed by atoms with Gasteiger partial charge in [-0.1, -0.05) is 37.0 Å². The van der Waals surface area contributed by atoms with E-state index in [1.54, 1.807) is 0 Å². The Morgan fingerprint density at radius 3 is 2.09 bits per heavy atom. The summed E-state index contributed by atoms with van der Waals surface area (Å²) in [6, 6.07) is 1.91. The standard InChI is InChI=1S/C8H11Cl2N/c1-5(2)7-4-6(9)8(10)11(7)3/h4-5H,1-3H3. The van der Waals surface area contributed by atoms with Crippen molar-refractivity contribution < 1.29 is 0 Å². The first kappa shape index (κ1) is 8.95. The number of aromatic nitrogens is 1. The molecule has 11 heavy (non-hydrogen) atoms. The van der Waals surface area contributed by atoms with Crippen LogP contribution in [0.3, 0.4) is 0 Å². The van der Waals surface area contributed by atoms with Gasteiger partial charge in [-0.15, -0.1) is 0 Å². The van der Waals surface area contributed by atoms with E-state index >= 15 is 0 Å². The summed E-state index contributed by atoms with van der Waals surface area (Å²) in [5.74, 6) is 0.463. The fourth-order valence-corrected chi connectivity index (χ4v) is 1.50. The molecular formula is C8H11Cl2N. The van der Waals surface area contributed by atoms with Gasteiger partial charge in [0.25, 0.3) is 0 Å². The van der Waals surface area contributed by atoms with Gasteiger partial charge in [0.1, 0.15) is 5.15 Å². The Kier molecular flexibility index (Phi) is 2.50. The van der Waals surface area contributed by atoms with Crippen LogP contribution in [0.5, 0.6) is 0 Å². The first-order valence-corrected chi connectivity index (χ1v) is 4.30. The third-order valence-electron chi connectivity index (χ3n) is 1.74. The molecule has 0 unspecified atom stereocenters. The zero-order chi connectivity index (χ0) is 8.59. The van der Waals surface area contributed by atoms with Crippen molar-refractivity contribution in [3.63, 3.8) is 0 Å². The molecule has 0 amide bonds. The van der Waals surface area contributed by atoms with Crippen LogP contribution in [0.2, 0.25) is 10.2 Å². The number of hydrogen-bond donors (Lipinski definition) is 0. The first-order valence-electron chi connectivity index (χ1n) is 3.54. The summed E-state index contributed by atoms with van der Waals surface area (Å²) in [6.07, 6.45) is 0. The van der Waals surface area contributed by atoms with E-state index < -0.39 is 0 Å². The molecule has 0 bridgehead atoms. The average molecular weight is 192 g/mol. The van der Waals surface area contributed by atoms with Crippen molar-refractivity contribution in [2.75, 3.05) is 0 Å². The van der Waals surface area contributed by atoms with E-state index in [4.69, 9.17) is 23.2 Å². The van der Waals surface area contributed by atoms with Crippen LogP contribution in [-0.4, -0.2) is 4.57 Å². The van der Waals surface area contributed by atoms with Crippen molar-refractivity contribution in [1.29, 1.82) is 0 Å². The fourth-order valence-electron chi connectivity index (χ4n) is 1.11. The summed E-state index contributed by atoms with van der Waals surface area (Å²) >= 11 is 11.7. The Labute approximate surface area is 76.9 Å². The van der Waals surface area contributed by atoms with E-state index in [9.17, 15) is 0 Å². The lowest BCUT2D eigenvalue weighted by molar-refractivity contribution is 0.742. The molecule has 62 valence electrons. The normalized spacial score (nSPS) is 11.1. The van der Waals surface area contributed by atoms with E-state index in [1.165, 1.54) is 5.69 Å². The smallest absolute Gasteiger partial charge is 0.127 e. The lowest BCUT2D eigenvalue weighted by atomic mass is 10.1. The molecule has 0 aliphatic heterocycles. The van der Waals surface area contributed by atoms with E-state index in [0.29, 0.717) is 16.1 Å². The van der Waals surface area contributed by atoms with Gasteiger partial charge in [0, 0.05) is 12.7 Å². The maximum absolute atomic E-state index is 5.87. The molecule has 1 rings (SSSR count). The SMILES string of the molecule is CC(C)c1cc(Cl)c(Cl)n1C. The van der Waals surface area contributed by atoms with Gasteiger partial charge in [0.15, 0.2) is 0 Å². The molecule has 0 saturated heterocycles. The third-order valence-corrected chi connectivity index (χ3v) is 2.59. The minimum absolute atomic E-state index is 0.463. The molecule has 0 aliphatic carbocycles. The summed E-state index contributed by atoms with van der Waals surface area (Å²) < 4.78 is 1.91. The van der Waals surface area contributed by atoms with Gasteiger partial charge >= 0.3 is 0 Å². The molecule has 3 heteroatoms. The maximum atomic E-state index is 5.87. The molecule has 0 saturated carbocycles. The van der Waals surface area contributed by atoms with Crippen LogP contribution in [0.15, 0.2) is 6.07 Å². The average Bonchev–Trinajstić information content (AvgIpc) is 2.17. The lowest BCUT2D eigenvalue weighted by Crippen LogP contribution is -1.97. The predicted molar refractivity (Wildman–Crippen MR) is 49.5 cm³/mol. The summed E-state index contributed by atoms with van der Waals surface area (Å²) in [7, 11) is 1.92. The molecule has 0 aromatic carbocycles. The van der Waals surface area contributed by atoms with Gasteiger partial charge in [0.05, 0.1) is 5.02 Å². The molecular weight excluding hydrogens is 181 g/mol. The second kappa shape index (κ2) is 3.08. The fraction of sp³-hybridized carbons (Fsp3) is 0.500. The molecule has 1 nitrogen and oxygen atoms in total. The van der Waals surface area contributed by atoms with Crippen LogP contribution in [0.4, 0.5) is 0 Å². The van der Waals surface area contributed by atoms with Crippen LogP contribution in [0, 0.1) is 0 Å². The summed E-state index contributed by atoms with van der Waals surface area (Å²) in [5.41, 5.74) is 1.17. The van der Waals surface area contributed by atoms with E-state index in [-0.39, 0.29) is 0 Å². The Bertz CT molecular complexity index is 263. The largest absolute Gasteiger partial charge is 0.337 e. The second-order valence-electron chi connectivity index (χ2n) is 2.92. The minimum Gasteiger partial charge on any atom is -0.337 e. The van der Waals surface area contributed by atoms with Crippen LogP contribution >= 0.6 is 23.2 Å². The van der Waals surface area contributed by atoms with E-state index in [0.717, 1.165) is 0 Å². The summed E-state index contributed by atoms with van der Waals surface area (Å²) in [4.78, 5) is 0.